The monoisotopic (exact) mass is 304 g/mol. The zero-order valence-electron chi connectivity index (χ0n) is 11.0. The smallest absolute Gasteiger partial charge is 0.238 e. The Balaban J connectivity index is 3.21. The van der Waals surface area contributed by atoms with Gasteiger partial charge in [0.25, 0.3) is 0 Å². The van der Waals surface area contributed by atoms with Crippen molar-refractivity contribution in [3.05, 3.63) is 23.2 Å². The molecule has 0 aliphatic heterocycles. The summed E-state index contributed by atoms with van der Waals surface area (Å²) in [6.45, 7) is 4.82. The molecule has 0 aliphatic carbocycles. The van der Waals surface area contributed by atoms with Gasteiger partial charge in [0.05, 0.1) is 10.7 Å². The number of nitrogens with one attached hydrogen (secondary N) is 1. The summed E-state index contributed by atoms with van der Waals surface area (Å²) < 4.78 is 24.7. The van der Waals surface area contributed by atoms with E-state index in [0.29, 0.717) is 0 Å². The summed E-state index contributed by atoms with van der Waals surface area (Å²) in [6, 6.07) is 4.27. The van der Waals surface area contributed by atoms with Crippen molar-refractivity contribution in [1.82, 2.24) is 5.32 Å². The largest absolute Gasteiger partial charge is 0.398 e. The predicted molar refractivity (Wildman–Crippen MR) is 75.8 cm³/mol. The van der Waals surface area contributed by atoms with Crippen LogP contribution in [-0.4, -0.2) is 25.6 Å². The molecule has 1 aromatic rings. The van der Waals surface area contributed by atoms with Crippen LogP contribution in [0.4, 0.5) is 5.69 Å². The van der Waals surface area contributed by atoms with E-state index in [2.05, 4.69) is 5.32 Å². The van der Waals surface area contributed by atoms with Gasteiger partial charge in [-0.25, -0.2) is 8.42 Å². The Hall–Kier alpha value is -1.27. The molecular formula is C12H17ClN2O3S. The highest BCUT2D eigenvalue weighted by atomic mass is 35.5. The molecular weight excluding hydrogens is 288 g/mol. The standard InChI is InChI=1S/C12H17ClN2O3S/c1-7(2)15-12(16)8(3)19(17,18)11-9(13)5-4-6-10(11)14/h4-8H,14H2,1-3H3,(H,15,16). The lowest BCUT2D eigenvalue weighted by Gasteiger charge is -2.17. The first-order valence-electron chi connectivity index (χ1n) is 5.76. The Labute approximate surface area is 118 Å². The average Bonchev–Trinajstić information content (AvgIpc) is 2.26. The minimum Gasteiger partial charge on any atom is -0.398 e. The molecule has 0 aromatic heterocycles. The molecule has 0 fully saturated rings. The molecule has 1 atom stereocenters. The highest BCUT2D eigenvalue weighted by molar-refractivity contribution is 7.93. The van der Waals surface area contributed by atoms with Gasteiger partial charge in [-0.2, -0.15) is 0 Å². The zero-order chi connectivity index (χ0) is 14.8. The second-order valence-corrected chi connectivity index (χ2v) is 7.12. The van der Waals surface area contributed by atoms with Crippen molar-refractivity contribution in [2.45, 2.75) is 37.0 Å². The normalized spacial score (nSPS) is 13.3. The summed E-state index contributed by atoms with van der Waals surface area (Å²) in [5, 5.41) is 1.32. The highest BCUT2D eigenvalue weighted by Crippen LogP contribution is 2.30. The number of amides is 1. The van der Waals surface area contributed by atoms with Crippen LogP contribution in [0.2, 0.25) is 5.02 Å². The van der Waals surface area contributed by atoms with Crippen LogP contribution in [0.3, 0.4) is 0 Å². The lowest BCUT2D eigenvalue weighted by atomic mass is 10.3. The van der Waals surface area contributed by atoms with Crippen LogP contribution < -0.4 is 11.1 Å². The molecule has 0 aliphatic rings. The van der Waals surface area contributed by atoms with Crippen molar-refractivity contribution in [3.8, 4) is 0 Å². The Morgan fingerprint density at radius 3 is 2.37 bits per heavy atom. The molecule has 106 valence electrons. The summed E-state index contributed by atoms with van der Waals surface area (Å²) in [6.07, 6.45) is 0. The number of sulfone groups is 1. The second kappa shape index (κ2) is 5.79. The number of benzene rings is 1. The maximum atomic E-state index is 12.4. The van der Waals surface area contributed by atoms with Crippen molar-refractivity contribution < 1.29 is 13.2 Å². The van der Waals surface area contributed by atoms with Crippen LogP contribution in [0.15, 0.2) is 23.1 Å². The number of halogens is 1. The number of nitrogen functional groups attached to an aromatic ring is 1. The Bertz CT molecular complexity index is 564. The van der Waals surface area contributed by atoms with Crippen molar-refractivity contribution in [1.29, 1.82) is 0 Å². The maximum absolute atomic E-state index is 12.4. The van der Waals surface area contributed by atoms with Gasteiger partial charge in [0.15, 0.2) is 9.84 Å². The predicted octanol–water partition coefficient (Wildman–Crippen LogP) is 1.61. The van der Waals surface area contributed by atoms with Gasteiger partial charge in [-0.1, -0.05) is 17.7 Å². The first-order chi connectivity index (χ1) is 8.67. The Kier molecular flexibility index (Phi) is 4.81. The number of hydrogen-bond acceptors (Lipinski definition) is 4. The molecule has 1 rings (SSSR count). The van der Waals surface area contributed by atoms with Crippen LogP contribution in [-0.2, 0) is 14.6 Å². The van der Waals surface area contributed by atoms with E-state index in [1.807, 2.05) is 0 Å². The van der Waals surface area contributed by atoms with E-state index in [1.165, 1.54) is 19.1 Å². The van der Waals surface area contributed by atoms with Crippen molar-refractivity contribution in [2.75, 3.05) is 5.73 Å². The molecule has 0 spiro atoms. The van der Waals surface area contributed by atoms with E-state index in [1.54, 1.807) is 19.9 Å². The van der Waals surface area contributed by atoms with E-state index in [0.717, 1.165) is 0 Å². The molecule has 0 saturated carbocycles. The number of nitrogens with two attached hydrogens (primary N) is 1. The summed E-state index contributed by atoms with van der Waals surface area (Å²) in [5.41, 5.74) is 5.69. The molecule has 0 radical (unpaired) electrons. The number of carbonyl (C=O) groups excluding carboxylic acids is 1. The summed E-state index contributed by atoms with van der Waals surface area (Å²) >= 11 is 5.88. The Morgan fingerprint density at radius 1 is 1.32 bits per heavy atom. The van der Waals surface area contributed by atoms with Gasteiger partial charge in [-0.15, -0.1) is 0 Å². The number of rotatable bonds is 4. The Morgan fingerprint density at radius 2 is 1.89 bits per heavy atom. The van der Waals surface area contributed by atoms with Crippen molar-refractivity contribution >= 4 is 33.0 Å². The van der Waals surface area contributed by atoms with Crippen LogP contribution in [0, 0.1) is 0 Å². The van der Waals surface area contributed by atoms with E-state index < -0.39 is 21.0 Å². The van der Waals surface area contributed by atoms with Gasteiger partial charge in [-0.3, -0.25) is 4.79 Å². The fourth-order valence-electron chi connectivity index (χ4n) is 1.55. The van der Waals surface area contributed by atoms with E-state index >= 15 is 0 Å². The third-order valence-electron chi connectivity index (χ3n) is 2.55. The van der Waals surface area contributed by atoms with Gasteiger partial charge in [0.1, 0.15) is 10.1 Å². The summed E-state index contributed by atoms with van der Waals surface area (Å²) in [4.78, 5) is 11.6. The molecule has 0 bridgehead atoms. The molecule has 0 heterocycles. The molecule has 19 heavy (non-hydrogen) atoms. The summed E-state index contributed by atoms with van der Waals surface area (Å²) in [7, 11) is -3.91. The molecule has 0 saturated heterocycles. The van der Waals surface area contributed by atoms with E-state index in [9.17, 15) is 13.2 Å². The van der Waals surface area contributed by atoms with Gasteiger partial charge in [-0.05, 0) is 32.9 Å². The molecule has 1 unspecified atom stereocenters. The van der Waals surface area contributed by atoms with Crippen LogP contribution >= 0.6 is 11.6 Å². The molecule has 1 amide bonds. The maximum Gasteiger partial charge on any atom is 0.238 e. The van der Waals surface area contributed by atoms with Crippen LogP contribution in [0.5, 0.6) is 0 Å². The number of anilines is 1. The van der Waals surface area contributed by atoms with Gasteiger partial charge < -0.3 is 11.1 Å². The first-order valence-corrected chi connectivity index (χ1v) is 7.68. The fourth-order valence-corrected chi connectivity index (χ4v) is 3.49. The zero-order valence-corrected chi connectivity index (χ0v) is 12.5. The molecule has 1 aromatic carbocycles. The lowest BCUT2D eigenvalue weighted by molar-refractivity contribution is -0.120. The minimum absolute atomic E-state index is 0.0178. The minimum atomic E-state index is -3.91. The highest BCUT2D eigenvalue weighted by Gasteiger charge is 2.33. The second-order valence-electron chi connectivity index (χ2n) is 4.51. The van der Waals surface area contributed by atoms with Crippen molar-refractivity contribution in [3.63, 3.8) is 0 Å². The van der Waals surface area contributed by atoms with Gasteiger partial charge in [0, 0.05) is 6.04 Å². The number of carbonyl (C=O) groups is 1. The average molecular weight is 305 g/mol. The molecule has 3 N–H and O–H groups in total. The third kappa shape index (κ3) is 3.39. The van der Waals surface area contributed by atoms with Crippen LogP contribution in [0.25, 0.3) is 0 Å². The topological polar surface area (TPSA) is 89.3 Å². The van der Waals surface area contributed by atoms with E-state index in [-0.39, 0.29) is 21.6 Å². The molecule has 5 nitrogen and oxygen atoms in total. The quantitative estimate of drug-likeness (QED) is 0.827. The van der Waals surface area contributed by atoms with Crippen LogP contribution in [0.1, 0.15) is 20.8 Å². The third-order valence-corrected chi connectivity index (χ3v) is 5.14. The van der Waals surface area contributed by atoms with E-state index in [4.69, 9.17) is 17.3 Å². The molecule has 7 heteroatoms. The van der Waals surface area contributed by atoms with Crippen molar-refractivity contribution in [2.24, 2.45) is 0 Å². The SMILES string of the molecule is CC(C)NC(=O)C(C)S(=O)(=O)c1c(N)cccc1Cl. The first kappa shape index (κ1) is 15.8. The fraction of sp³-hybridized carbons (Fsp3) is 0.417. The van der Waals surface area contributed by atoms with Gasteiger partial charge in [0.2, 0.25) is 5.91 Å². The number of hydrogen-bond donors (Lipinski definition) is 2. The van der Waals surface area contributed by atoms with Gasteiger partial charge >= 0.3 is 0 Å². The summed E-state index contributed by atoms with van der Waals surface area (Å²) in [5.74, 6) is -0.575. The lowest BCUT2D eigenvalue weighted by Crippen LogP contribution is -2.41.